The van der Waals surface area contributed by atoms with Crippen molar-refractivity contribution in [2.75, 3.05) is 27.2 Å². The van der Waals surface area contributed by atoms with E-state index in [1.54, 1.807) is 11.3 Å². The smallest absolute Gasteiger partial charge is 0.240 e. The van der Waals surface area contributed by atoms with E-state index in [1.807, 2.05) is 0 Å². The van der Waals surface area contributed by atoms with Gasteiger partial charge in [0, 0.05) is 25.6 Å². The first-order valence-corrected chi connectivity index (χ1v) is 7.86. The predicted octanol–water partition coefficient (Wildman–Crippen LogP) is 1.86. The maximum absolute atomic E-state index is 5.36. The van der Waals surface area contributed by atoms with Gasteiger partial charge in [0.05, 0.1) is 6.54 Å². The third-order valence-electron chi connectivity index (χ3n) is 3.79. The zero-order valence-electron chi connectivity index (χ0n) is 12.0. The van der Waals surface area contributed by atoms with Crippen LogP contribution in [0.15, 0.2) is 21.3 Å². The molecule has 6 heteroatoms. The molecule has 0 spiro atoms. The summed E-state index contributed by atoms with van der Waals surface area (Å²) in [6.07, 6.45) is 1.97. The molecule has 108 valence electrons. The van der Waals surface area contributed by atoms with E-state index in [-0.39, 0.29) is 0 Å². The van der Waals surface area contributed by atoms with Gasteiger partial charge in [-0.1, -0.05) is 5.16 Å². The maximum atomic E-state index is 5.36. The summed E-state index contributed by atoms with van der Waals surface area (Å²) < 4.78 is 5.36. The standard InChI is InChI=1S/C14H20N4OS/c1-17(2)12-3-5-18(8-12)9-14-15-13(16-19-14)7-11-4-6-20-10-11/h4,6,10,12H,3,5,7-9H2,1-2H3/t12-/m0/s1. The monoisotopic (exact) mass is 292 g/mol. The van der Waals surface area contributed by atoms with Gasteiger partial charge in [-0.25, -0.2) is 0 Å². The zero-order valence-corrected chi connectivity index (χ0v) is 12.8. The molecular weight excluding hydrogens is 272 g/mol. The van der Waals surface area contributed by atoms with Gasteiger partial charge < -0.3 is 9.42 Å². The Morgan fingerprint density at radius 3 is 3.10 bits per heavy atom. The zero-order chi connectivity index (χ0) is 13.9. The van der Waals surface area contributed by atoms with Crippen molar-refractivity contribution < 1.29 is 4.52 Å². The first-order valence-electron chi connectivity index (χ1n) is 6.92. The molecule has 1 saturated heterocycles. The molecule has 5 nitrogen and oxygen atoms in total. The van der Waals surface area contributed by atoms with Crippen molar-refractivity contribution in [2.24, 2.45) is 0 Å². The fraction of sp³-hybridized carbons (Fsp3) is 0.571. The molecule has 0 N–H and O–H groups in total. The third kappa shape index (κ3) is 3.26. The number of likely N-dealkylation sites (tertiary alicyclic amines) is 1. The fourth-order valence-corrected chi connectivity index (χ4v) is 3.24. The number of nitrogens with zero attached hydrogens (tertiary/aromatic N) is 4. The van der Waals surface area contributed by atoms with Crippen LogP contribution in [-0.4, -0.2) is 53.2 Å². The summed E-state index contributed by atoms with van der Waals surface area (Å²) in [5, 5.41) is 8.26. The Kier molecular flexibility index (Phi) is 4.14. The van der Waals surface area contributed by atoms with Crippen LogP contribution in [0.2, 0.25) is 0 Å². The van der Waals surface area contributed by atoms with Crippen molar-refractivity contribution >= 4 is 11.3 Å². The highest BCUT2D eigenvalue weighted by atomic mass is 32.1. The molecule has 1 aliphatic rings. The Balaban J connectivity index is 1.55. The molecule has 3 rings (SSSR count). The van der Waals surface area contributed by atoms with Gasteiger partial charge in [0.25, 0.3) is 0 Å². The number of rotatable bonds is 5. The van der Waals surface area contributed by atoms with E-state index >= 15 is 0 Å². The van der Waals surface area contributed by atoms with Crippen molar-refractivity contribution in [2.45, 2.75) is 25.4 Å². The summed E-state index contributed by atoms with van der Waals surface area (Å²) >= 11 is 1.70. The van der Waals surface area contributed by atoms with E-state index in [0.29, 0.717) is 6.04 Å². The Morgan fingerprint density at radius 2 is 2.40 bits per heavy atom. The number of likely N-dealkylation sites (N-methyl/N-ethyl adjacent to an activating group) is 1. The first-order chi connectivity index (χ1) is 9.70. The molecule has 0 aliphatic carbocycles. The molecule has 1 fully saturated rings. The van der Waals surface area contributed by atoms with Crippen LogP contribution >= 0.6 is 11.3 Å². The van der Waals surface area contributed by atoms with Gasteiger partial charge in [0.1, 0.15) is 0 Å². The van der Waals surface area contributed by atoms with Gasteiger partial charge in [0.2, 0.25) is 5.89 Å². The summed E-state index contributed by atoms with van der Waals surface area (Å²) in [5.74, 6) is 1.51. The summed E-state index contributed by atoms with van der Waals surface area (Å²) in [6.45, 7) is 2.95. The minimum atomic E-state index is 0.642. The van der Waals surface area contributed by atoms with E-state index in [4.69, 9.17) is 4.52 Å². The molecular formula is C14H20N4OS. The Bertz CT molecular complexity index is 537. The molecule has 0 saturated carbocycles. The number of aromatic nitrogens is 2. The van der Waals surface area contributed by atoms with Crippen LogP contribution in [0.5, 0.6) is 0 Å². The Labute approximate surface area is 123 Å². The molecule has 1 atom stereocenters. The van der Waals surface area contributed by atoms with Crippen molar-refractivity contribution in [3.8, 4) is 0 Å². The van der Waals surface area contributed by atoms with Crippen molar-refractivity contribution in [3.63, 3.8) is 0 Å². The average molecular weight is 292 g/mol. The lowest BCUT2D eigenvalue weighted by atomic mass is 10.2. The largest absolute Gasteiger partial charge is 0.338 e. The highest BCUT2D eigenvalue weighted by Crippen LogP contribution is 2.16. The van der Waals surface area contributed by atoms with Crippen LogP contribution in [-0.2, 0) is 13.0 Å². The van der Waals surface area contributed by atoms with Gasteiger partial charge in [-0.05, 0) is 42.9 Å². The molecule has 20 heavy (non-hydrogen) atoms. The van der Waals surface area contributed by atoms with Gasteiger partial charge in [-0.15, -0.1) is 0 Å². The molecule has 2 aromatic heterocycles. The Morgan fingerprint density at radius 1 is 1.50 bits per heavy atom. The first kappa shape index (κ1) is 13.7. The van der Waals surface area contributed by atoms with E-state index in [9.17, 15) is 0 Å². The molecule has 3 heterocycles. The lowest BCUT2D eigenvalue weighted by molar-refractivity contribution is 0.238. The molecule has 1 aliphatic heterocycles. The van der Waals surface area contributed by atoms with Crippen LogP contribution in [0.25, 0.3) is 0 Å². The number of hydrogen-bond acceptors (Lipinski definition) is 6. The van der Waals surface area contributed by atoms with E-state index in [2.05, 4.69) is 50.9 Å². The van der Waals surface area contributed by atoms with Gasteiger partial charge in [-0.2, -0.15) is 16.3 Å². The molecule has 0 unspecified atom stereocenters. The second-order valence-corrected chi connectivity index (χ2v) is 6.33. The highest BCUT2D eigenvalue weighted by molar-refractivity contribution is 7.07. The number of hydrogen-bond donors (Lipinski definition) is 0. The van der Waals surface area contributed by atoms with Crippen molar-refractivity contribution in [1.29, 1.82) is 0 Å². The van der Waals surface area contributed by atoms with Crippen LogP contribution in [0, 0.1) is 0 Å². The minimum absolute atomic E-state index is 0.642. The molecule has 0 radical (unpaired) electrons. The summed E-state index contributed by atoms with van der Waals surface area (Å²) in [6, 6.07) is 2.74. The summed E-state index contributed by atoms with van der Waals surface area (Å²) in [5.41, 5.74) is 1.25. The predicted molar refractivity (Wildman–Crippen MR) is 78.8 cm³/mol. The van der Waals surface area contributed by atoms with Crippen molar-refractivity contribution in [1.82, 2.24) is 19.9 Å². The quantitative estimate of drug-likeness (QED) is 0.841. The summed E-state index contributed by atoms with van der Waals surface area (Å²) in [4.78, 5) is 9.16. The summed E-state index contributed by atoms with van der Waals surface area (Å²) in [7, 11) is 4.28. The third-order valence-corrected chi connectivity index (χ3v) is 4.52. The fourth-order valence-electron chi connectivity index (χ4n) is 2.57. The van der Waals surface area contributed by atoms with E-state index in [0.717, 1.165) is 37.8 Å². The minimum Gasteiger partial charge on any atom is -0.338 e. The lowest BCUT2D eigenvalue weighted by Gasteiger charge is -2.19. The average Bonchev–Trinajstić information content (AvgIpc) is 3.12. The molecule has 2 aromatic rings. The second-order valence-electron chi connectivity index (χ2n) is 5.55. The number of thiophene rings is 1. The van der Waals surface area contributed by atoms with E-state index < -0.39 is 0 Å². The van der Waals surface area contributed by atoms with Gasteiger partial charge in [0.15, 0.2) is 5.82 Å². The lowest BCUT2D eigenvalue weighted by Crippen LogP contribution is -2.31. The Hall–Kier alpha value is -1.24. The highest BCUT2D eigenvalue weighted by Gasteiger charge is 2.25. The van der Waals surface area contributed by atoms with Crippen molar-refractivity contribution in [3.05, 3.63) is 34.1 Å². The van der Waals surface area contributed by atoms with Gasteiger partial charge >= 0.3 is 0 Å². The molecule has 0 amide bonds. The normalized spacial score (nSPS) is 20.1. The van der Waals surface area contributed by atoms with Crippen LogP contribution in [0.3, 0.4) is 0 Å². The van der Waals surface area contributed by atoms with Crippen LogP contribution in [0.1, 0.15) is 23.7 Å². The molecule has 0 aromatic carbocycles. The van der Waals surface area contributed by atoms with Crippen LogP contribution in [0.4, 0.5) is 0 Å². The van der Waals surface area contributed by atoms with Crippen LogP contribution < -0.4 is 0 Å². The van der Waals surface area contributed by atoms with Gasteiger partial charge in [-0.3, -0.25) is 4.90 Å². The maximum Gasteiger partial charge on any atom is 0.240 e. The topological polar surface area (TPSA) is 45.4 Å². The SMILES string of the molecule is CN(C)[C@H]1CCN(Cc2nc(Cc3ccsc3)no2)C1. The van der Waals surface area contributed by atoms with E-state index in [1.165, 1.54) is 12.0 Å². The second kappa shape index (κ2) is 6.03. The molecule has 0 bridgehead atoms.